The quantitative estimate of drug-likeness (QED) is 0.558. The monoisotopic (exact) mass is 324 g/mol. The van der Waals surface area contributed by atoms with Crippen LogP contribution in [0.3, 0.4) is 0 Å². The Balaban J connectivity index is 1.72. The second-order valence-corrected chi connectivity index (χ2v) is 6.11. The van der Waals surface area contributed by atoms with Gasteiger partial charge < -0.3 is 9.73 Å². The van der Waals surface area contributed by atoms with E-state index in [0.29, 0.717) is 6.01 Å². The van der Waals surface area contributed by atoms with Crippen LogP contribution in [0.15, 0.2) is 70.5 Å². The van der Waals surface area contributed by atoms with Crippen LogP contribution in [0.2, 0.25) is 0 Å². The van der Waals surface area contributed by atoms with Crippen LogP contribution in [0.4, 0.5) is 10.4 Å². The fourth-order valence-corrected chi connectivity index (χ4v) is 3.29. The second-order valence-electron chi connectivity index (χ2n) is 5.13. The van der Waals surface area contributed by atoms with Crippen molar-refractivity contribution in [2.45, 2.75) is 6.04 Å². The average molecular weight is 324 g/mol. The Morgan fingerprint density at radius 1 is 1.00 bits per heavy atom. The number of hydrogen-bond donors (Lipinski definition) is 1. The molecule has 2 heterocycles. The number of hydrogen-bond acceptors (Lipinski definition) is 4. The summed E-state index contributed by atoms with van der Waals surface area (Å²) in [7, 11) is 0. The van der Waals surface area contributed by atoms with Gasteiger partial charge in [0.2, 0.25) is 0 Å². The molecule has 4 aromatic rings. The van der Waals surface area contributed by atoms with E-state index in [0.717, 1.165) is 21.5 Å². The number of fused-ring (bicyclic) bond motifs is 1. The number of benzene rings is 2. The molecule has 0 aliphatic heterocycles. The summed E-state index contributed by atoms with van der Waals surface area (Å²) >= 11 is 1.63. The first-order chi connectivity index (χ1) is 11.3. The number of aromatic nitrogens is 1. The topological polar surface area (TPSA) is 38.1 Å². The molecule has 1 atom stereocenters. The maximum Gasteiger partial charge on any atom is 0.296 e. The summed E-state index contributed by atoms with van der Waals surface area (Å²) in [5, 5.41) is 5.33. The molecule has 114 valence electrons. The first-order valence-electron chi connectivity index (χ1n) is 7.20. The number of oxazole rings is 1. The van der Waals surface area contributed by atoms with E-state index in [4.69, 9.17) is 4.42 Å². The SMILES string of the molecule is Fc1ccc([C@@H](Nc2nc3ccccc3o2)c2cccs2)cc1. The van der Waals surface area contributed by atoms with Crippen molar-refractivity contribution in [2.75, 3.05) is 5.32 Å². The summed E-state index contributed by atoms with van der Waals surface area (Å²) < 4.78 is 19.0. The van der Waals surface area contributed by atoms with Crippen LogP contribution >= 0.6 is 11.3 Å². The third-order valence-corrected chi connectivity index (χ3v) is 4.53. The van der Waals surface area contributed by atoms with E-state index < -0.39 is 0 Å². The molecule has 1 N–H and O–H groups in total. The van der Waals surface area contributed by atoms with Crippen molar-refractivity contribution in [3.8, 4) is 0 Å². The normalized spacial score (nSPS) is 12.4. The van der Waals surface area contributed by atoms with Gasteiger partial charge in [-0.1, -0.05) is 30.3 Å². The number of thiophene rings is 1. The summed E-state index contributed by atoms with van der Waals surface area (Å²) in [6.07, 6.45) is 0. The minimum atomic E-state index is -0.249. The number of rotatable bonds is 4. The van der Waals surface area contributed by atoms with Crippen LogP contribution in [0.1, 0.15) is 16.5 Å². The first-order valence-corrected chi connectivity index (χ1v) is 8.08. The Labute approximate surface area is 136 Å². The molecule has 0 bridgehead atoms. The van der Waals surface area contributed by atoms with Gasteiger partial charge in [-0.15, -0.1) is 11.3 Å². The largest absolute Gasteiger partial charge is 0.424 e. The number of nitrogens with zero attached hydrogens (tertiary/aromatic N) is 1. The zero-order valence-corrected chi connectivity index (χ0v) is 12.9. The van der Waals surface area contributed by atoms with Crippen LogP contribution in [0.25, 0.3) is 11.1 Å². The van der Waals surface area contributed by atoms with Gasteiger partial charge in [-0.05, 0) is 41.3 Å². The number of nitrogens with one attached hydrogen (secondary N) is 1. The van der Waals surface area contributed by atoms with E-state index in [2.05, 4.69) is 10.3 Å². The summed E-state index contributed by atoms with van der Waals surface area (Å²) in [6, 6.07) is 18.4. The van der Waals surface area contributed by atoms with E-state index in [-0.39, 0.29) is 11.9 Å². The lowest BCUT2D eigenvalue weighted by atomic mass is 10.1. The molecule has 0 spiro atoms. The lowest BCUT2D eigenvalue weighted by Crippen LogP contribution is -2.11. The third-order valence-electron chi connectivity index (χ3n) is 3.59. The molecule has 4 rings (SSSR count). The van der Waals surface area contributed by atoms with Crippen molar-refractivity contribution in [3.63, 3.8) is 0 Å². The van der Waals surface area contributed by atoms with Crippen LogP contribution in [-0.4, -0.2) is 4.98 Å². The average Bonchev–Trinajstić information content (AvgIpc) is 3.22. The molecule has 0 aliphatic carbocycles. The molecule has 23 heavy (non-hydrogen) atoms. The second kappa shape index (κ2) is 5.85. The maximum absolute atomic E-state index is 13.2. The van der Waals surface area contributed by atoms with Crippen LogP contribution in [0, 0.1) is 5.82 Å². The van der Waals surface area contributed by atoms with Crippen molar-refractivity contribution in [1.29, 1.82) is 0 Å². The van der Waals surface area contributed by atoms with Gasteiger partial charge in [-0.2, -0.15) is 4.98 Å². The number of anilines is 1. The maximum atomic E-state index is 13.2. The first kappa shape index (κ1) is 14.0. The highest BCUT2D eigenvalue weighted by Gasteiger charge is 2.18. The standard InChI is InChI=1S/C18H13FN2OS/c19-13-9-7-12(8-10-13)17(16-6-3-11-23-16)21-18-20-14-4-1-2-5-15(14)22-18/h1-11,17H,(H,20,21)/t17-/m1/s1. The van der Waals surface area contributed by atoms with Gasteiger partial charge in [0.15, 0.2) is 5.58 Å². The molecule has 0 fully saturated rings. The fraction of sp³-hybridized carbons (Fsp3) is 0.0556. The van der Waals surface area contributed by atoms with E-state index in [9.17, 15) is 4.39 Å². The molecule has 0 amide bonds. The molecule has 0 saturated heterocycles. The molecular formula is C18H13FN2OS. The van der Waals surface area contributed by atoms with Crippen molar-refractivity contribution < 1.29 is 8.81 Å². The van der Waals surface area contributed by atoms with Gasteiger partial charge >= 0.3 is 0 Å². The molecule has 0 unspecified atom stereocenters. The zero-order chi connectivity index (χ0) is 15.6. The third kappa shape index (κ3) is 2.83. The van der Waals surface area contributed by atoms with Crippen LogP contribution in [0.5, 0.6) is 0 Å². The summed E-state index contributed by atoms with van der Waals surface area (Å²) in [4.78, 5) is 5.57. The molecule has 2 aromatic carbocycles. The fourth-order valence-electron chi connectivity index (χ4n) is 2.49. The molecule has 5 heteroatoms. The number of halogens is 1. The summed E-state index contributed by atoms with van der Waals surface area (Å²) in [6.45, 7) is 0. The summed E-state index contributed by atoms with van der Waals surface area (Å²) in [5.41, 5.74) is 2.49. The lowest BCUT2D eigenvalue weighted by Gasteiger charge is -2.16. The van der Waals surface area contributed by atoms with Crippen molar-refractivity contribution in [3.05, 3.63) is 82.3 Å². The van der Waals surface area contributed by atoms with Gasteiger partial charge in [-0.3, -0.25) is 0 Å². The Kier molecular flexibility index (Phi) is 3.55. The molecule has 2 aromatic heterocycles. The van der Waals surface area contributed by atoms with Gasteiger partial charge in [0.05, 0.1) is 6.04 Å². The van der Waals surface area contributed by atoms with E-state index in [1.807, 2.05) is 41.8 Å². The van der Waals surface area contributed by atoms with Crippen molar-refractivity contribution in [2.24, 2.45) is 0 Å². The smallest absolute Gasteiger partial charge is 0.296 e. The minimum Gasteiger partial charge on any atom is -0.424 e. The lowest BCUT2D eigenvalue weighted by molar-refractivity contribution is 0.607. The highest BCUT2D eigenvalue weighted by Crippen LogP contribution is 2.30. The molecule has 0 radical (unpaired) electrons. The van der Waals surface area contributed by atoms with Gasteiger partial charge in [0.25, 0.3) is 6.01 Å². The van der Waals surface area contributed by atoms with Crippen molar-refractivity contribution in [1.82, 2.24) is 4.98 Å². The van der Waals surface area contributed by atoms with E-state index in [1.54, 1.807) is 23.5 Å². The Morgan fingerprint density at radius 3 is 2.57 bits per heavy atom. The molecule has 0 aliphatic rings. The Hall–Kier alpha value is -2.66. The van der Waals surface area contributed by atoms with Gasteiger partial charge in [-0.25, -0.2) is 4.39 Å². The van der Waals surface area contributed by atoms with Gasteiger partial charge in [0.1, 0.15) is 11.3 Å². The highest BCUT2D eigenvalue weighted by molar-refractivity contribution is 7.10. The van der Waals surface area contributed by atoms with Crippen LogP contribution in [-0.2, 0) is 0 Å². The Morgan fingerprint density at radius 2 is 1.83 bits per heavy atom. The molecule has 0 saturated carbocycles. The predicted octanol–water partition coefficient (Wildman–Crippen LogP) is 5.23. The van der Waals surface area contributed by atoms with Crippen LogP contribution < -0.4 is 5.32 Å². The summed E-state index contributed by atoms with van der Waals surface area (Å²) in [5.74, 6) is -0.249. The van der Waals surface area contributed by atoms with Gasteiger partial charge in [0, 0.05) is 4.88 Å². The zero-order valence-electron chi connectivity index (χ0n) is 12.1. The van der Waals surface area contributed by atoms with E-state index in [1.165, 1.54) is 12.1 Å². The molecule has 3 nitrogen and oxygen atoms in total. The predicted molar refractivity (Wildman–Crippen MR) is 90.2 cm³/mol. The highest BCUT2D eigenvalue weighted by atomic mass is 32.1. The molecular weight excluding hydrogens is 311 g/mol. The number of para-hydroxylation sites is 2. The van der Waals surface area contributed by atoms with E-state index >= 15 is 0 Å². The Bertz CT molecular complexity index is 883. The van der Waals surface area contributed by atoms with Crippen molar-refractivity contribution >= 4 is 28.5 Å². The minimum absolute atomic E-state index is 0.135.